The minimum Gasteiger partial charge on any atom is -0.384 e. The molecule has 0 aromatic carbocycles. The predicted octanol–water partition coefficient (Wildman–Crippen LogP) is 2.73. The van der Waals surface area contributed by atoms with Crippen LogP contribution in [0.25, 0.3) is 0 Å². The van der Waals surface area contributed by atoms with Gasteiger partial charge < -0.3 is 5.73 Å². The summed E-state index contributed by atoms with van der Waals surface area (Å²) >= 11 is 0. The molecule has 1 aromatic heterocycles. The largest absolute Gasteiger partial charge is 0.384 e. The lowest BCUT2D eigenvalue weighted by Gasteiger charge is -2.31. The normalized spacial score (nSPS) is 26.4. The fourth-order valence-electron chi connectivity index (χ4n) is 2.30. The SMILES string of the molecule is CC1CC(c2cc(N)n(C(C)(C)C)n2)C1. The van der Waals surface area contributed by atoms with Gasteiger partial charge in [0.1, 0.15) is 5.82 Å². The zero-order valence-electron chi connectivity index (χ0n) is 10.1. The van der Waals surface area contributed by atoms with Gasteiger partial charge in [-0.3, -0.25) is 0 Å². The van der Waals surface area contributed by atoms with Crippen LogP contribution in [0.4, 0.5) is 5.82 Å². The lowest BCUT2D eigenvalue weighted by atomic mass is 9.74. The highest BCUT2D eigenvalue weighted by molar-refractivity contribution is 5.34. The third-order valence-electron chi connectivity index (χ3n) is 3.18. The number of nitrogens with zero attached hydrogens (tertiary/aromatic N) is 2. The van der Waals surface area contributed by atoms with Crippen molar-refractivity contribution >= 4 is 5.82 Å². The van der Waals surface area contributed by atoms with Crippen LogP contribution in [-0.4, -0.2) is 9.78 Å². The van der Waals surface area contributed by atoms with Gasteiger partial charge >= 0.3 is 0 Å². The third kappa shape index (κ3) is 1.87. The van der Waals surface area contributed by atoms with Gasteiger partial charge in [0, 0.05) is 12.0 Å². The molecule has 1 aromatic rings. The van der Waals surface area contributed by atoms with E-state index in [0.717, 1.165) is 11.7 Å². The maximum Gasteiger partial charge on any atom is 0.122 e. The van der Waals surface area contributed by atoms with Gasteiger partial charge in [0.25, 0.3) is 0 Å². The predicted molar refractivity (Wildman–Crippen MR) is 62.8 cm³/mol. The number of rotatable bonds is 1. The Morgan fingerprint density at radius 2 is 2.00 bits per heavy atom. The number of aromatic nitrogens is 2. The van der Waals surface area contributed by atoms with E-state index < -0.39 is 0 Å². The zero-order valence-corrected chi connectivity index (χ0v) is 10.1. The van der Waals surface area contributed by atoms with Crippen molar-refractivity contribution in [2.24, 2.45) is 5.92 Å². The van der Waals surface area contributed by atoms with Crippen LogP contribution in [0.1, 0.15) is 52.1 Å². The summed E-state index contributed by atoms with van der Waals surface area (Å²) in [6.45, 7) is 8.68. The van der Waals surface area contributed by atoms with Crippen molar-refractivity contribution in [1.29, 1.82) is 0 Å². The van der Waals surface area contributed by atoms with E-state index >= 15 is 0 Å². The first-order valence-electron chi connectivity index (χ1n) is 5.74. The third-order valence-corrected chi connectivity index (χ3v) is 3.18. The first-order valence-corrected chi connectivity index (χ1v) is 5.74. The summed E-state index contributed by atoms with van der Waals surface area (Å²) in [5, 5.41) is 4.63. The van der Waals surface area contributed by atoms with Crippen LogP contribution >= 0.6 is 0 Å². The Labute approximate surface area is 91.7 Å². The molecule has 0 atom stereocenters. The molecule has 1 aliphatic rings. The van der Waals surface area contributed by atoms with Crippen molar-refractivity contribution in [1.82, 2.24) is 9.78 Å². The van der Waals surface area contributed by atoms with Gasteiger partial charge in [0.2, 0.25) is 0 Å². The molecule has 15 heavy (non-hydrogen) atoms. The van der Waals surface area contributed by atoms with Crippen LogP contribution in [0, 0.1) is 5.92 Å². The topological polar surface area (TPSA) is 43.8 Å². The average molecular weight is 207 g/mol. The molecular formula is C12H21N3. The van der Waals surface area contributed by atoms with E-state index in [9.17, 15) is 0 Å². The number of nitrogen functional groups attached to an aromatic ring is 1. The number of anilines is 1. The Kier molecular flexibility index (Phi) is 2.28. The first-order chi connectivity index (χ1) is 6.88. The van der Waals surface area contributed by atoms with Crippen molar-refractivity contribution in [3.05, 3.63) is 11.8 Å². The van der Waals surface area contributed by atoms with Crippen LogP contribution in [0.15, 0.2) is 6.07 Å². The van der Waals surface area contributed by atoms with Crippen molar-refractivity contribution in [3.8, 4) is 0 Å². The van der Waals surface area contributed by atoms with Crippen molar-refractivity contribution in [3.63, 3.8) is 0 Å². The van der Waals surface area contributed by atoms with Crippen molar-refractivity contribution in [2.45, 2.75) is 52.0 Å². The monoisotopic (exact) mass is 207 g/mol. The second-order valence-corrected chi connectivity index (χ2v) is 5.85. The molecule has 0 spiro atoms. The highest BCUT2D eigenvalue weighted by Gasteiger charge is 2.30. The maximum absolute atomic E-state index is 5.98. The number of hydrogen-bond donors (Lipinski definition) is 1. The molecule has 84 valence electrons. The van der Waals surface area contributed by atoms with Gasteiger partial charge in [-0.2, -0.15) is 5.10 Å². The number of nitrogens with two attached hydrogens (primary N) is 1. The molecule has 2 rings (SSSR count). The van der Waals surface area contributed by atoms with E-state index in [-0.39, 0.29) is 5.54 Å². The van der Waals surface area contributed by atoms with Crippen LogP contribution in [-0.2, 0) is 5.54 Å². The molecule has 0 amide bonds. The lowest BCUT2D eigenvalue weighted by molar-refractivity contribution is 0.276. The molecule has 1 heterocycles. The zero-order chi connectivity index (χ0) is 11.2. The number of hydrogen-bond acceptors (Lipinski definition) is 2. The second kappa shape index (κ2) is 3.26. The molecule has 0 radical (unpaired) electrons. The summed E-state index contributed by atoms with van der Waals surface area (Å²) in [6, 6.07) is 2.04. The van der Waals surface area contributed by atoms with Crippen molar-refractivity contribution in [2.75, 3.05) is 5.73 Å². The summed E-state index contributed by atoms with van der Waals surface area (Å²) in [6.07, 6.45) is 2.53. The Balaban J connectivity index is 2.22. The minimum absolute atomic E-state index is 0.0162. The molecule has 0 unspecified atom stereocenters. The average Bonchev–Trinajstić information content (AvgIpc) is 2.40. The smallest absolute Gasteiger partial charge is 0.122 e. The van der Waals surface area contributed by atoms with Gasteiger partial charge in [0.05, 0.1) is 11.2 Å². The molecule has 3 heteroatoms. The van der Waals surface area contributed by atoms with E-state index in [1.807, 2.05) is 10.7 Å². The molecule has 0 bridgehead atoms. The fraction of sp³-hybridized carbons (Fsp3) is 0.750. The summed E-state index contributed by atoms with van der Waals surface area (Å²) in [4.78, 5) is 0. The van der Waals surface area contributed by atoms with Gasteiger partial charge in [-0.25, -0.2) is 4.68 Å². The molecule has 1 aliphatic carbocycles. The Morgan fingerprint density at radius 3 is 2.40 bits per heavy atom. The van der Waals surface area contributed by atoms with Gasteiger partial charge in [-0.05, 0) is 39.5 Å². The summed E-state index contributed by atoms with van der Waals surface area (Å²) in [5.41, 5.74) is 7.14. The highest BCUT2D eigenvalue weighted by atomic mass is 15.3. The summed E-state index contributed by atoms with van der Waals surface area (Å²) in [5.74, 6) is 2.29. The van der Waals surface area contributed by atoms with Crippen LogP contribution < -0.4 is 5.73 Å². The molecule has 3 nitrogen and oxygen atoms in total. The molecular weight excluding hydrogens is 186 g/mol. The molecule has 0 saturated heterocycles. The van der Waals surface area contributed by atoms with Crippen LogP contribution in [0.2, 0.25) is 0 Å². The lowest BCUT2D eigenvalue weighted by Crippen LogP contribution is -2.25. The summed E-state index contributed by atoms with van der Waals surface area (Å²) in [7, 11) is 0. The van der Waals surface area contributed by atoms with Crippen molar-refractivity contribution < 1.29 is 0 Å². The van der Waals surface area contributed by atoms with E-state index in [4.69, 9.17) is 5.73 Å². The van der Waals surface area contributed by atoms with E-state index in [1.165, 1.54) is 18.5 Å². The minimum atomic E-state index is -0.0162. The quantitative estimate of drug-likeness (QED) is 0.769. The van der Waals surface area contributed by atoms with Crippen LogP contribution in [0.3, 0.4) is 0 Å². The molecule has 0 aliphatic heterocycles. The molecule has 1 saturated carbocycles. The van der Waals surface area contributed by atoms with Gasteiger partial charge in [-0.15, -0.1) is 0 Å². The Morgan fingerprint density at radius 1 is 1.40 bits per heavy atom. The first kappa shape index (κ1) is 10.5. The van der Waals surface area contributed by atoms with E-state index in [2.05, 4.69) is 32.8 Å². The van der Waals surface area contributed by atoms with Gasteiger partial charge in [0.15, 0.2) is 0 Å². The summed E-state index contributed by atoms with van der Waals surface area (Å²) < 4.78 is 1.94. The Hall–Kier alpha value is -0.990. The van der Waals surface area contributed by atoms with E-state index in [0.29, 0.717) is 5.92 Å². The van der Waals surface area contributed by atoms with E-state index in [1.54, 1.807) is 0 Å². The van der Waals surface area contributed by atoms with Gasteiger partial charge in [-0.1, -0.05) is 6.92 Å². The second-order valence-electron chi connectivity index (χ2n) is 5.85. The molecule has 1 fully saturated rings. The maximum atomic E-state index is 5.98. The highest BCUT2D eigenvalue weighted by Crippen LogP contribution is 2.41. The Bertz CT molecular complexity index is 353. The van der Waals surface area contributed by atoms with Crippen LogP contribution in [0.5, 0.6) is 0 Å². The standard InChI is InChI=1S/C12H21N3/c1-8-5-9(6-8)10-7-11(13)15(14-10)12(2,3)4/h7-9H,5-6,13H2,1-4H3. The fourth-order valence-corrected chi connectivity index (χ4v) is 2.30. The molecule has 2 N–H and O–H groups in total.